The Morgan fingerprint density at radius 3 is 2.67 bits per heavy atom. The van der Waals surface area contributed by atoms with Gasteiger partial charge in [0.15, 0.2) is 0 Å². The molecule has 1 aliphatic rings. The lowest BCUT2D eigenvalue weighted by Gasteiger charge is -2.09. The smallest absolute Gasteiger partial charge is 0.239 e. The van der Waals surface area contributed by atoms with E-state index in [1.807, 2.05) is 24.3 Å². The molecule has 0 aliphatic heterocycles. The number of amides is 1. The Morgan fingerprint density at radius 2 is 2.00 bits per heavy atom. The molecule has 0 radical (unpaired) electrons. The van der Waals surface area contributed by atoms with Crippen molar-refractivity contribution in [1.29, 1.82) is 0 Å². The van der Waals surface area contributed by atoms with E-state index < -0.39 is 0 Å². The molecule has 1 N–H and O–H groups in total. The van der Waals surface area contributed by atoms with Crippen molar-refractivity contribution < 1.29 is 14.1 Å². The fourth-order valence-corrected chi connectivity index (χ4v) is 2.71. The molecule has 1 aliphatic carbocycles. The second-order valence-corrected chi connectivity index (χ2v) is 5.27. The van der Waals surface area contributed by atoms with Crippen LogP contribution < -0.4 is 10.1 Å². The van der Waals surface area contributed by atoms with Gasteiger partial charge in [-0.1, -0.05) is 30.1 Å². The van der Waals surface area contributed by atoms with E-state index in [-0.39, 0.29) is 11.8 Å². The molecular formula is C16H18N2O3. The van der Waals surface area contributed by atoms with Crippen LogP contribution in [0.3, 0.4) is 0 Å². The Labute approximate surface area is 123 Å². The van der Waals surface area contributed by atoms with Crippen LogP contribution in [0.4, 0.5) is 5.88 Å². The van der Waals surface area contributed by atoms with E-state index in [1.165, 1.54) is 0 Å². The summed E-state index contributed by atoms with van der Waals surface area (Å²) in [4.78, 5) is 12.2. The Morgan fingerprint density at radius 1 is 1.29 bits per heavy atom. The maximum atomic E-state index is 12.2. The molecular weight excluding hydrogens is 268 g/mol. The zero-order valence-corrected chi connectivity index (χ0v) is 12.0. The minimum atomic E-state index is 0.0269. The number of methoxy groups -OCH3 is 1. The molecule has 110 valence electrons. The molecule has 0 bridgehead atoms. The summed E-state index contributed by atoms with van der Waals surface area (Å²) in [6, 6.07) is 7.56. The third-order valence-corrected chi connectivity index (χ3v) is 3.93. The first-order valence-corrected chi connectivity index (χ1v) is 7.18. The minimum absolute atomic E-state index is 0.0269. The van der Waals surface area contributed by atoms with Gasteiger partial charge in [-0.05, 0) is 30.5 Å². The third kappa shape index (κ3) is 2.91. The second kappa shape index (κ2) is 5.99. The van der Waals surface area contributed by atoms with E-state index in [4.69, 9.17) is 9.26 Å². The van der Waals surface area contributed by atoms with Crippen molar-refractivity contribution in [2.45, 2.75) is 25.7 Å². The van der Waals surface area contributed by atoms with Crippen molar-refractivity contribution >= 4 is 11.8 Å². The van der Waals surface area contributed by atoms with Crippen LogP contribution in [0, 0.1) is 5.92 Å². The number of anilines is 1. The largest absolute Gasteiger partial charge is 0.497 e. The number of ether oxygens (including phenoxy) is 1. The lowest BCUT2D eigenvalue weighted by Crippen LogP contribution is -2.20. The summed E-state index contributed by atoms with van der Waals surface area (Å²) >= 11 is 0. The fraction of sp³-hybridized carbons (Fsp3) is 0.375. The molecule has 1 saturated carbocycles. The Bertz CT molecular complexity index is 613. The highest BCUT2D eigenvalue weighted by molar-refractivity contribution is 5.94. The van der Waals surface area contributed by atoms with Gasteiger partial charge in [0, 0.05) is 5.92 Å². The number of hydrogen-bond acceptors (Lipinski definition) is 4. The molecule has 2 aromatic rings. The lowest BCUT2D eigenvalue weighted by molar-refractivity contribution is -0.119. The van der Waals surface area contributed by atoms with Gasteiger partial charge >= 0.3 is 0 Å². The summed E-state index contributed by atoms with van der Waals surface area (Å²) in [5.74, 6) is 1.32. The summed E-state index contributed by atoms with van der Waals surface area (Å²) in [7, 11) is 1.63. The van der Waals surface area contributed by atoms with Crippen molar-refractivity contribution in [2.75, 3.05) is 12.4 Å². The van der Waals surface area contributed by atoms with E-state index in [0.29, 0.717) is 5.88 Å². The van der Waals surface area contributed by atoms with Gasteiger partial charge in [0.1, 0.15) is 5.75 Å². The van der Waals surface area contributed by atoms with Gasteiger partial charge in [-0.3, -0.25) is 10.1 Å². The molecule has 21 heavy (non-hydrogen) atoms. The number of nitrogens with one attached hydrogen (secondary N) is 1. The number of carbonyl (C=O) groups excluding carboxylic acids is 1. The van der Waals surface area contributed by atoms with Gasteiger partial charge in [0.25, 0.3) is 0 Å². The van der Waals surface area contributed by atoms with Crippen molar-refractivity contribution in [1.82, 2.24) is 5.16 Å². The number of rotatable bonds is 4. The van der Waals surface area contributed by atoms with Gasteiger partial charge in [-0.25, -0.2) is 0 Å². The minimum Gasteiger partial charge on any atom is -0.497 e. The maximum absolute atomic E-state index is 12.2. The topological polar surface area (TPSA) is 64.4 Å². The van der Waals surface area contributed by atoms with Gasteiger partial charge < -0.3 is 9.26 Å². The van der Waals surface area contributed by atoms with Crippen molar-refractivity contribution in [2.24, 2.45) is 5.92 Å². The van der Waals surface area contributed by atoms with E-state index >= 15 is 0 Å². The lowest BCUT2D eigenvalue weighted by atomic mass is 10.1. The van der Waals surface area contributed by atoms with Crippen LogP contribution in [-0.4, -0.2) is 18.2 Å². The molecule has 1 amide bonds. The van der Waals surface area contributed by atoms with Gasteiger partial charge in [0.05, 0.1) is 18.9 Å². The van der Waals surface area contributed by atoms with Crippen LogP contribution in [0.5, 0.6) is 5.75 Å². The molecule has 1 heterocycles. The number of hydrogen-bond donors (Lipinski definition) is 1. The van der Waals surface area contributed by atoms with Crippen LogP contribution in [0.1, 0.15) is 25.7 Å². The molecule has 0 spiro atoms. The van der Waals surface area contributed by atoms with Crippen LogP contribution in [0.15, 0.2) is 35.0 Å². The SMILES string of the molecule is COc1ccc(-c2cnoc2NC(=O)C2CCCC2)cc1. The molecule has 5 nitrogen and oxygen atoms in total. The fourth-order valence-electron chi connectivity index (χ4n) is 2.71. The molecule has 3 rings (SSSR count). The van der Waals surface area contributed by atoms with Gasteiger partial charge in [-0.2, -0.15) is 0 Å². The molecule has 1 aromatic carbocycles. The zero-order chi connectivity index (χ0) is 14.7. The van der Waals surface area contributed by atoms with Crippen LogP contribution in [0.25, 0.3) is 11.1 Å². The average molecular weight is 286 g/mol. The normalized spacial score (nSPS) is 15.1. The third-order valence-electron chi connectivity index (χ3n) is 3.93. The first-order valence-electron chi connectivity index (χ1n) is 7.18. The van der Waals surface area contributed by atoms with Crippen LogP contribution >= 0.6 is 0 Å². The first kappa shape index (κ1) is 13.7. The highest BCUT2D eigenvalue weighted by Crippen LogP contribution is 2.31. The second-order valence-electron chi connectivity index (χ2n) is 5.27. The van der Waals surface area contributed by atoms with E-state index in [2.05, 4.69) is 10.5 Å². The van der Waals surface area contributed by atoms with Gasteiger partial charge in [0.2, 0.25) is 11.8 Å². The maximum Gasteiger partial charge on any atom is 0.239 e. The van der Waals surface area contributed by atoms with Crippen molar-refractivity contribution in [3.05, 3.63) is 30.5 Å². The molecule has 1 fully saturated rings. The summed E-state index contributed by atoms with van der Waals surface area (Å²) < 4.78 is 10.3. The predicted molar refractivity (Wildman–Crippen MR) is 79.1 cm³/mol. The Balaban J connectivity index is 1.78. The summed E-state index contributed by atoms with van der Waals surface area (Å²) in [6.07, 6.45) is 5.78. The molecule has 0 unspecified atom stereocenters. The quantitative estimate of drug-likeness (QED) is 0.934. The number of benzene rings is 1. The monoisotopic (exact) mass is 286 g/mol. The van der Waals surface area contributed by atoms with Crippen molar-refractivity contribution in [3.63, 3.8) is 0 Å². The Kier molecular flexibility index (Phi) is 3.90. The van der Waals surface area contributed by atoms with E-state index in [9.17, 15) is 4.79 Å². The highest BCUT2D eigenvalue weighted by atomic mass is 16.5. The summed E-state index contributed by atoms with van der Waals surface area (Å²) in [5.41, 5.74) is 1.71. The van der Waals surface area contributed by atoms with Crippen molar-refractivity contribution in [3.8, 4) is 16.9 Å². The Hall–Kier alpha value is -2.30. The van der Waals surface area contributed by atoms with Gasteiger partial charge in [-0.15, -0.1) is 0 Å². The van der Waals surface area contributed by atoms with E-state index in [1.54, 1.807) is 13.3 Å². The molecule has 5 heteroatoms. The number of nitrogens with zero attached hydrogens (tertiary/aromatic N) is 1. The number of carbonyl (C=O) groups is 1. The average Bonchev–Trinajstić information content (AvgIpc) is 3.19. The standard InChI is InChI=1S/C16H18N2O3/c1-20-13-8-6-11(7-9-13)14-10-17-21-16(14)18-15(19)12-4-2-3-5-12/h6-10,12H,2-5H2,1H3,(H,18,19). The van der Waals surface area contributed by atoms with Crippen LogP contribution in [-0.2, 0) is 4.79 Å². The van der Waals surface area contributed by atoms with Crippen LogP contribution in [0.2, 0.25) is 0 Å². The summed E-state index contributed by atoms with van der Waals surface area (Å²) in [6.45, 7) is 0. The number of aromatic nitrogens is 1. The molecule has 1 aromatic heterocycles. The summed E-state index contributed by atoms with van der Waals surface area (Å²) in [5, 5.41) is 6.66. The predicted octanol–water partition coefficient (Wildman–Crippen LogP) is 3.48. The zero-order valence-electron chi connectivity index (χ0n) is 12.0. The highest BCUT2D eigenvalue weighted by Gasteiger charge is 2.24. The molecule has 0 saturated heterocycles. The molecule has 0 atom stereocenters. The first-order chi connectivity index (χ1) is 10.3. The van der Waals surface area contributed by atoms with E-state index in [0.717, 1.165) is 42.6 Å².